The van der Waals surface area contributed by atoms with Gasteiger partial charge in [-0.1, -0.05) is 12.8 Å². The number of nitrogens with zero attached hydrogens (tertiary/aromatic N) is 2. The first kappa shape index (κ1) is 21.6. The first-order valence-electron chi connectivity index (χ1n) is 11.7. The number of thiophene rings is 1. The zero-order valence-corrected chi connectivity index (χ0v) is 19.4. The molecule has 0 bridgehead atoms. The topological polar surface area (TPSA) is 78.1 Å². The number of rotatable bonds is 7. The average Bonchev–Trinajstić information content (AvgIpc) is 3.50. The van der Waals surface area contributed by atoms with Crippen LogP contribution in [0.25, 0.3) is 21.0 Å². The van der Waals surface area contributed by atoms with Crippen LogP contribution in [0, 0.1) is 5.92 Å². The van der Waals surface area contributed by atoms with Gasteiger partial charge in [0.1, 0.15) is 0 Å². The van der Waals surface area contributed by atoms with Gasteiger partial charge >= 0.3 is 0 Å². The second kappa shape index (κ2) is 9.75. The summed E-state index contributed by atoms with van der Waals surface area (Å²) in [7, 11) is 0. The van der Waals surface area contributed by atoms with E-state index in [1.807, 2.05) is 47.5 Å². The number of likely N-dealkylation sites (tertiary alicyclic amines) is 1. The fraction of sp³-hybridized carbons (Fsp3) is 0.346. The van der Waals surface area contributed by atoms with Gasteiger partial charge in [-0.2, -0.15) is 0 Å². The van der Waals surface area contributed by atoms with Crippen molar-refractivity contribution < 1.29 is 9.59 Å². The number of carbonyl (C=O) groups is 2. The Morgan fingerprint density at radius 2 is 1.97 bits per heavy atom. The molecular formula is C26H28N4O2S. The molecule has 2 amide bonds. The maximum atomic E-state index is 12.9. The average molecular weight is 461 g/mol. The number of pyridine rings is 1. The van der Waals surface area contributed by atoms with Crippen LogP contribution >= 0.6 is 11.3 Å². The highest BCUT2D eigenvalue weighted by Crippen LogP contribution is 2.26. The molecule has 0 saturated carbocycles. The summed E-state index contributed by atoms with van der Waals surface area (Å²) in [5.41, 5.74) is 1.83. The van der Waals surface area contributed by atoms with Crippen LogP contribution in [0.2, 0.25) is 0 Å². The molecule has 7 heteroatoms. The van der Waals surface area contributed by atoms with E-state index in [-0.39, 0.29) is 11.8 Å². The lowest BCUT2D eigenvalue weighted by Crippen LogP contribution is -2.38. The number of unbranched alkanes of at least 4 members (excludes halogenated alkanes) is 1. The SMILES string of the molecule is O=C(NCCCCC1CCN(C(=O)c2ccc3[nH]ccc3c2)CC1)c1cc2ccncc2s1. The van der Waals surface area contributed by atoms with Crippen LogP contribution in [0.15, 0.2) is 55.0 Å². The number of H-pyrrole nitrogens is 1. The summed E-state index contributed by atoms with van der Waals surface area (Å²) in [4.78, 5) is 35.3. The van der Waals surface area contributed by atoms with Gasteiger partial charge in [-0.3, -0.25) is 14.6 Å². The third-order valence-corrected chi connectivity index (χ3v) is 7.66. The molecule has 0 radical (unpaired) electrons. The summed E-state index contributed by atoms with van der Waals surface area (Å²) in [5, 5.41) is 5.19. The molecule has 5 rings (SSSR count). The number of fused-ring (bicyclic) bond motifs is 2. The van der Waals surface area contributed by atoms with E-state index >= 15 is 0 Å². The zero-order chi connectivity index (χ0) is 22.6. The second-order valence-corrected chi connectivity index (χ2v) is 9.87. The Morgan fingerprint density at radius 1 is 1.09 bits per heavy atom. The summed E-state index contributed by atoms with van der Waals surface area (Å²) in [6.07, 6.45) is 10.8. The van der Waals surface area contributed by atoms with Crippen LogP contribution in [-0.4, -0.2) is 46.3 Å². The minimum absolute atomic E-state index is 0.000785. The summed E-state index contributed by atoms with van der Waals surface area (Å²) >= 11 is 1.49. The van der Waals surface area contributed by atoms with Crippen LogP contribution in [0.3, 0.4) is 0 Å². The molecule has 0 aliphatic carbocycles. The molecule has 1 saturated heterocycles. The highest BCUT2D eigenvalue weighted by molar-refractivity contribution is 7.20. The molecule has 6 nitrogen and oxygen atoms in total. The summed E-state index contributed by atoms with van der Waals surface area (Å²) in [6.45, 7) is 2.35. The van der Waals surface area contributed by atoms with Crippen LogP contribution in [0.5, 0.6) is 0 Å². The Labute approximate surface area is 197 Å². The van der Waals surface area contributed by atoms with Crippen LogP contribution in [-0.2, 0) is 0 Å². The van der Waals surface area contributed by atoms with E-state index in [2.05, 4.69) is 15.3 Å². The Kier molecular flexibility index (Phi) is 6.39. The first-order chi connectivity index (χ1) is 16.2. The van der Waals surface area contributed by atoms with Crippen molar-refractivity contribution in [3.05, 3.63) is 65.4 Å². The minimum atomic E-state index is 0.000785. The van der Waals surface area contributed by atoms with E-state index in [0.29, 0.717) is 12.5 Å². The third-order valence-electron chi connectivity index (χ3n) is 6.57. The number of aromatic amines is 1. The predicted molar refractivity (Wildman–Crippen MR) is 133 cm³/mol. The van der Waals surface area contributed by atoms with Gasteiger partial charge in [-0.25, -0.2) is 0 Å². The van der Waals surface area contributed by atoms with E-state index in [9.17, 15) is 9.59 Å². The summed E-state index contributed by atoms with van der Waals surface area (Å²) in [5.74, 6) is 0.795. The van der Waals surface area contributed by atoms with Crippen molar-refractivity contribution in [2.45, 2.75) is 32.1 Å². The number of hydrogen-bond donors (Lipinski definition) is 2. The molecule has 33 heavy (non-hydrogen) atoms. The third kappa shape index (κ3) is 4.93. The molecule has 4 aromatic rings. The fourth-order valence-electron chi connectivity index (χ4n) is 4.64. The minimum Gasteiger partial charge on any atom is -0.361 e. The molecule has 1 aliphatic rings. The number of hydrogen-bond acceptors (Lipinski definition) is 4. The molecule has 0 atom stereocenters. The molecule has 1 aromatic carbocycles. The Balaban J connectivity index is 1.01. The zero-order valence-electron chi connectivity index (χ0n) is 18.5. The van der Waals surface area contributed by atoms with Crippen molar-refractivity contribution in [1.82, 2.24) is 20.2 Å². The lowest BCUT2D eigenvalue weighted by Gasteiger charge is -2.32. The van der Waals surface area contributed by atoms with E-state index in [0.717, 1.165) is 76.6 Å². The largest absolute Gasteiger partial charge is 0.361 e. The molecule has 4 heterocycles. The normalized spacial score (nSPS) is 14.7. The molecule has 1 fully saturated rings. The molecule has 1 aliphatic heterocycles. The van der Waals surface area contributed by atoms with Gasteiger partial charge in [0.15, 0.2) is 0 Å². The molecule has 0 spiro atoms. The van der Waals surface area contributed by atoms with Crippen molar-refractivity contribution in [2.24, 2.45) is 5.92 Å². The number of amides is 2. The lowest BCUT2D eigenvalue weighted by atomic mass is 9.91. The molecular weight excluding hydrogens is 432 g/mol. The maximum Gasteiger partial charge on any atom is 0.261 e. The van der Waals surface area contributed by atoms with Gasteiger partial charge in [0, 0.05) is 54.7 Å². The van der Waals surface area contributed by atoms with Crippen molar-refractivity contribution in [3.63, 3.8) is 0 Å². The van der Waals surface area contributed by atoms with E-state index in [1.165, 1.54) is 11.3 Å². The predicted octanol–water partition coefficient (Wildman–Crippen LogP) is 5.23. The van der Waals surface area contributed by atoms with Crippen molar-refractivity contribution in [2.75, 3.05) is 19.6 Å². The number of nitrogens with one attached hydrogen (secondary N) is 2. The molecule has 170 valence electrons. The van der Waals surface area contributed by atoms with Gasteiger partial charge in [0.05, 0.1) is 9.58 Å². The van der Waals surface area contributed by atoms with E-state index < -0.39 is 0 Å². The lowest BCUT2D eigenvalue weighted by molar-refractivity contribution is 0.0686. The van der Waals surface area contributed by atoms with Crippen molar-refractivity contribution >= 4 is 44.1 Å². The Hall–Kier alpha value is -3.19. The maximum absolute atomic E-state index is 12.9. The number of benzene rings is 1. The van der Waals surface area contributed by atoms with Crippen LogP contribution in [0.4, 0.5) is 0 Å². The van der Waals surface area contributed by atoms with Crippen molar-refractivity contribution in [3.8, 4) is 0 Å². The quantitative estimate of drug-likeness (QED) is 0.371. The summed E-state index contributed by atoms with van der Waals surface area (Å²) < 4.78 is 1.04. The highest BCUT2D eigenvalue weighted by atomic mass is 32.1. The van der Waals surface area contributed by atoms with Gasteiger partial charge in [0.2, 0.25) is 0 Å². The standard InChI is InChI=1S/C26H28N4O2S/c31-25(23-16-20-6-11-27-17-24(20)33-23)29-10-2-1-3-18-8-13-30(14-9-18)26(32)21-4-5-22-19(15-21)7-12-28-22/h4-7,11-12,15-18,28H,1-3,8-10,13-14H2,(H,29,31). The number of piperidine rings is 1. The van der Waals surface area contributed by atoms with E-state index in [1.54, 1.807) is 12.4 Å². The Bertz CT molecular complexity index is 1240. The summed E-state index contributed by atoms with van der Waals surface area (Å²) in [6, 6.07) is 11.7. The smallest absolute Gasteiger partial charge is 0.261 e. The Morgan fingerprint density at radius 3 is 2.82 bits per heavy atom. The monoisotopic (exact) mass is 460 g/mol. The number of aromatic nitrogens is 2. The molecule has 2 N–H and O–H groups in total. The van der Waals surface area contributed by atoms with Gasteiger partial charge < -0.3 is 15.2 Å². The fourth-order valence-corrected chi connectivity index (χ4v) is 5.58. The van der Waals surface area contributed by atoms with Crippen LogP contribution < -0.4 is 5.32 Å². The van der Waals surface area contributed by atoms with Gasteiger partial charge in [0.25, 0.3) is 11.8 Å². The molecule has 0 unspecified atom stereocenters. The van der Waals surface area contributed by atoms with Gasteiger partial charge in [-0.15, -0.1) is 11.3 Å². The molecule has 3 aromatic heterocycles. The first-order valence-corrected chi connectivity index (χ1v) is 12.5. The van der Waals surface area contributed by atoms with Crippen LogP contribution in [0.1, 0.15) is 52.1 Å². The van der Waals surface area contributed by atoms with E-state index in [4.69, 9.17) is 0 Å². The number of carbonyl (C=O) groups excluding carboxylic acids is 2. The van der Waals surface area contributed by atoms with Crippen molar-refractivity contribution in [1.29, 1.82) is 0 Å². The highest BCUT2D eigenvalue weighted by Gasteiger charge is 2.23. The second-order valence-electron chi connectivity index (χ2n) is 8.79. The van der Waals surface area contributed by atoms with Gasteiger partial charge in [-0.05, 0) is 67.0 Å².